The van der Waals surface area contributed by atoms with Gasteiger partial charge in [-0.2, -0.15) is 0 Å². The summed E-state index contributed by atoms with van der Waals surface area (Å²) >= 11 is 5.89. The normalized spacial score (nSPS) is 10.6. The molecule has 0 bridgehead atoms. The van der Waals surface area contributed by atoms with Crippen LogP contribution in [0.15, 0.2) is 65.2 Å². The molecule has 1 N–H and O–H groups in total. The highest BCUT2D eigenvalue weighted by atomic mass is 35.5. The lowest BCUT2D eigenvalue weighted by Crippen LogP contribution is -2.33. The van der Waals surface area contributed by atoms with E-state index in [1.54, 1.807) is 18.3 Å². The Morgan fingerprint density at radius 2 is 1.89 bits per heavy atom. The Hall–Kier alpha value is -2.79. The molecule has 0 spiro atoms. The first-order chi connectivity index (χ1) is 13.1. The minimum Gasteiger partial charge on any atom is -0.441 e. The van der Waals surface area contributed by atoms with E-state index in [4.69, 9.17) is 16.0 Å². The Balaban J connectivity index is 1.41. The van der Waals surface area contributed by atoms with Crippen LogP contribution in [0.1, 0.15) is 12.3 Å². The molecule has 3 aromatic rings. The van der Waals surface area contributed by atoms with E-state index < -0.39 is 0 Å². The number of para-hydroxylation sites is 1. The van der Waals surface area contributed by atoms with Crippen molar-refractivity contribution in [2.75, 3.05) is 25.0 Å². The lowest BCUT2D eigenvalue weighted by Gasteiger charge is -2.19. The molecule has 140 valence electrons. The minimum absolute atomic E-state index is 0.0114. The first-order valence-corrected chi connectivity index (χ1v) is 9.23. The SMILES string of the molecule is CN(CCNC(=O)CCc1ncc(-c2ccc(Cl)cc2)o1)c1ccccc1. The number of hydrogen-bond donors (Lipinski definition) is 1. The molecule has 1 amide bonds. The fourth-order valence-corrected chi connectivity index (χ4v) is 2.78. The van der Waals surface area contributed by atoms with E-state index in [0.29, 0.717) is 36.1 Å². The minimum atomic E-state index is -0.0114. The molecule has 0 aliphatic carbocycles. The van der Waals surface area contributed by atoms with E-state index >= 15 is 0 Å². The van der Waals surface area contributed by atoms with Crippen LogP contribution in [0, 0.1) is 0 Å². The van der Waals surface area contributed by atoms with Gasteiger partial charge in [0, 0.05) is 49.3 Å². The average molecular weight is 384 g/mol. The Morgan fingerprint density at radius 3 is 2.63 bits per heavy atom. The number of aromatic nitrogens is 1. The summed E-state index contributed by atoms with van der Waals surface area (Å²) in [7, 11) is 2.01. The summed E-state index contributed by atoms with van der Waals surface area (Å²) in [6, 6.07) is 17.4. The fraction of sp³-hybridized carbons (Fsp3) is 0.238. The number of rotatable bonds is 8. The van der Waals surface area contributed by atoms with Crippen molar-refractivity contribution in [1.82, 2.24) is 10.3 Å². The van der Waals surface area contributed by atoms with Crippen molar-refractivity contribution in [1.29, 1.82) is 0 Å². The number of likely N-dealkylation sites (N-methyl/N-ethyl adjacent to an activating group) is 1. The summed E-state index contributed by atoms with van der Waals surface area (Å²) in [5.41, 5.74) is 2.04. The predicted octanol–water partition coefficient (Wildman–Crippen LogP) is 4.18. The van der Waals surface area contributed by atoms with Gasteiger partial charge in [0.05, 0.1) is 6.20 Å². The summed E-state index contributed by atoms with van der Waals surface area (Å²) in [4.78, 5) is 18.4. The van der Waals surface area contributed by atoms with Crippen LogP contribution in [0.3, 0.4) is 0 Å². The van der Waals surface area contributed by atoms with Crippen molar-refractivity contribution in [2.24, 2.45) is 0 Å². The average Bonchev–Trinajstić information content (AvgIpc) is 3.16. The molecule has 1 aromatic heterocycles. The number of carbonyl (C=O) groups excluding carboxylic acids is 1. The summed E-state index contributed by atoms with van der Waals surface area (Å²) in [6.07, 6.45) is 2.48. The Morgan fingerprint density at radius 1 is 1.15 bits per heavy atom. The van der Waals surface area contributed by atoms with Gasteiger partial charge >= 0.3 is 0 Å². The maximum absolute atomic E-state index is 12.0. The van der Waals surface area contributed by atoms with Gasteiger partial charge in [-0.1, -0.05) is 29.8 Å². The van der Waals surface area contributed by atoms with Crippen molar-refractivity contribution in [3.05, 3.63) is 71.7 Å². The van der Waals surface area contributed by atoms with E-state index in [-0.39, 0.29) is 5.91 Å². The van der Waals surface area contributed by atoms with Crippen LogP contribution in [0.5, 0.6) is 0 Å². The molecule has 0 aliphatic heterocycles. The van der Waals surface area contributed by atoms with Crippen molar-refractivity contribution < 1.29 is 9.21 Å². The molecule has 0 saturated carbocycles. The van der Waals surface area contributed by atoms with Gasteiger partial charge in [-0.15, -0.1) is 0 Å². The first-order valence-electron chi connectivity index (χ1n) is 8.85. The highest BCUT2D eigenvalue weighted by molar-refractivity contribution is 6.30. The third-order valence-electron chi connectivity index (χ3n) is 4.21. The maximum Gasteiger partial charge on any atom is 0.220 e. The topological polar surface area (TPSA) is 58.4 Å². The molecular formula is C21H22ClN3O2. The van der Waals surface area contributed by atoms with Crippen LogP contribution in [0.2, 0.25) is 5.02 Å². The van der Waals surface area contributed by atoms with Crippen molar-refractivity contribution in [2.45, 2.75) is 12.8 Å². The molecular weight excluding hydrogens is 362 g/mol. The van der Waals surface area contributed by atoms with Crippen molar-refractivity contribution >= 4 is 23.2 Å². The molecule has 0 saturated heterocycles. The lowest BCUT2D eigenvalue weighted by molar-refractivity contribution is -0.121. The fourth-order valence-electron chi connectivity index (χ4n) is 2.66. The molecule has 2 aromatic carbocycles. The lowest BCUT2D eigenvalue weighted by atomic mass is 10.2. The molecule has 0 aliphatic rings. The molecule has 1 heterocycles. The molecule has 3 rings (SSSR count). The smallest absolute Gasteiger partial charge is 0.220 e. The van der Waals surface area contributed by atoms with E-state index in [0.717, 1.165) is 17.8 Å². The molecule has 0 radical (unpaired) electrons. The first kappa shape index (κ1) is 19.0. The molecule has 6 heteroatoms. The zero-order chi connectivity index (χ0) is 19.1. The second-order valence-corrected chi connectivity index (χ2v) is 6.67. The number of carbonyl (C=O) groups is 1. The highest BCUT2D eigenvalue weighted by Crippen LogP contribution is 2.22. The van der Waals surface area contributed by atoms with Crippen LogP contribution in [0.25, 0.3) is 11.3 Å². The molecule has 0 atom stereocenters. The quantitative estimate of drug-likeness (QED) is 0.634. The number of nitrogens with one attached hydrogen (secondary N) is 1. The number of benzene rings is 2. The van der Waals surface area contributed by atoms with Crippen LogP contribution in [0.4, 0.5) is 5.69 Å². The summed E-state index contributed by atoms with van der Waals surface area (Å²) in [5.74, 6) is 1.21. The predicted molar refractivity (Wildman–Crippen MR) is 108 cm³/mol. The third-order valence-corrected chi connectivity index (χ3v) is 4.47. The van der Waals surface area contributed by atoms with Gasteiger partial charge in [-0.05, 0) is 36.4 Å². The van der Waals surface area contributed by atoms with Gasteiger partial charge in [-0.25, -0.2) is 4.98 Å². The van der Waals surface area contributed by atoms with Gasteiger partial charge in [0.25, 0.3) is 0 Å². The number of hydrogen-bond acceptors (Lipinski definition) is 4. The van der Waals surface area contributed by atoms with Crippen LogP contribution >= 0.6 is 11.6 Å². The number of anilines is 1. The zero-order valence-electron chi connectivity index (χ0n) is 15.2. The van der Waals surface area contributed by atoms with E-state index in [9.17, 15) is 4.79 Å². The maximum atomic E-state index is 12.0. The number of halogens is 1. The molecule has 27 heavy (non-hydrogen) atoms. The van der Waals surface area contributed by atoms with Crippen molar-refractivity contribution in [3.8, 4) is 11.3 Å². The molecule has 5 nitrogen and oxygen atoms in total. The number of amides is 1. The Bertz CT molecular complexity index is 863. The highest BCUT2D eigenvalue weighted by Gasteiger charge is 2.09. The summed E-state index contributed by atoms with van der Waals surface area (Å²) in [6.45, 7) is 1.33. The van der Waals surface area contributed by atoms with E-state index in [2.05, 4.69) is 15.2 Å². The number of oxazole rings is 1. The third kappa shape index (κ3) is 5.59. The summed E-state index contributed by atoms with van der Waals surface area (Å²) in [5, 5.41) is 3.61. The van der Waals surface area contributed by atoms with Gasteiger partial charge in [-0.3, -0.25) is 4.79 Å². The second kappa shape index (κ2) is 9.24. The molecule has 0 unspecified atom stereocenters. The Kier molecular flexibility index (Phi) is 6.49. The van der Waals surface area contributed by atoms with E-state index in [1.807, 2.05) is 49.5 Å². The van der Waals surface area contributed by atoms with Crippen LogP contribution in [-0.2, 0) is 11.2 Å². The van der Waals surface area contributed by atoms with Gasteiger partial charge in [0.1, 0.15) is 0 Å². The largest absolute Gasteiger partial charge is 0.441 e. The molecule has 0 fully saturated rings. The summed E-state index contributed by atoms with van der Waals surface area (Å²) < 4.78 is 5.72. The second-order valence-electron chi connectivity index (χ2n) is 6.23. The van der Waals surface area contributed by atoms with Crippen molar-refractivity contribution in [3.63, 3.8) is 0 Å². The zero-order valence-corrected chi connectivity index (χ0v) is 15.9. The van der Waals surface area contributed by atoms with Gasteiger partial charge in [0.15, 0.2) is 11.7 Å². The van der Waals surface area contributed by atoms with E-state index in [1.165, 1.54) is 0 Å². The van der Waals surface area contributed by atoms with Gasteiger partial charge in [0.2, 0.25) is 5.91 Å². The standard InChI is InChI=1S/C21H22ClN3O2/c1-25(18-5-3-2-4-6-18)14-13-23-20(26)11-12-21-24-15-19(27-21)16-7-9-17(22)10-8-16/h2-10,15H,11-14H2,1H3,(H,23,26). The van der Waals surface area contributed by atoms with Crippen LogP contribution in [-0.4, -0.2) is 31.0 Å². The van der Waals surface area contributed by atoms with Crippen LogP contribution < -0.4 is 10.2 Å². The number of aryl methyl sites for hydroxylation is 1. The Labute approximate surface area is 164 Å². The van der Waals surface area contributed by atoms with Gasteiger partial charge < -0.3 is 14.6 Å². The number of nitrogens with zero attached hydrogens (tertiary/aromatic N) is 2. The monoisotopic (exact) mass is 383 g/mol.